The first-order valence-electron chi connectivity index (χ1n) is 6.70. The quantitative estimate of drug-likeness (QED) is 0.517. The van der Waals surface area contributed by atoms with Gasteiger partial charge in [-0.1, -0.05) is 57.6 Å². The molecule has 0 radical (unpaired) electrons. The van der Waals surface area contributed by atoms with Gasteiger partial charge in [0.25, 0.3) is 0 Å². The molecule has 0 heterocycles. The van der Waals surface area contributed by atoms with Gasteiger partial charge in [0.15, 0.2) is 0 Å². The van der Waals surface area contributed by atoms with Crippen LogP contribution in [0.25, 0.3) is 0 Å². The normalized spacial score (nSPS) is 13.9. The summed E-state index contributed by atoms with van der Waals surface area (Å²) in [5, 5.41) is 0. The van der Waals surface area contributed by atoms with Gasteiger partial charge >= 0.3 is 0 Å². The highest BCUT2D eigenvalue weighted by atomic mass is 16.5. The first kappa shape index (κ1) is 16.2. The molecule has 1 heteroatoms. The predicted molar refractivity (Wildman–Crippen MR) is 77.2 cm³/mol. The molecule has 0 amide bonds. The Bertz CT molecular complexity index is 257. The Labute approximate surface area is 107 Å². The highest BCUT2D eigenvalue weighted by molar-refractivity contribution is 5.11. The molecule has 1 nitrogen and oxygen atoms in total. The minimum atomic E-state index is 0.135. The number of rotatable bonds is 9. The van der Waals surface area contributed by atoms with Crippen LogP contribution >= 0.6 is 0 Å². The van der Waals surface area contributed by atoms with Crippen molar-refractivity contribution in [1.29, 1.82) is 0 Å². The fraction of sp³-hybridized carbons (Fsp3) is 0.625. The first-order valence-corrected chi connectivity index (χ1v) is 6.70. The standard InChI is InChI=1S/C16H28O/c1-7-11-17-16(12-15(9-3)10-4)14(6)13(5)8-2/h7,12,14,16H,1,5,8-11H2,2-4,6H3/t14-,16?/m0/s1. The zero-order valence-electron chi connectivity index (χ0n) is 12.0. The second kappa shape index (κ2) is 9.23. The topological polar surface area (TPSA) is 9.23 Å². The van der Waals surface area contributed by atoms with E-state index in [1.165, 1.54) is 11.1 Å². The van der Waals surface area contributed by atoms with E-state index >= 15 is 0 Å². The van der Waals surface area contributed by atoms with Gasteiger partial charge in [-0.15, -0.1) is 6.58 Å². The third-order valence-electron chi connectivity index (χ3n) is 3.31. The van der Waals surface area contributed by atoms with Crippen LogP contribution < -0.4 is 0 Å². The van der Waals surface area contributed by atoms with Crippen LogP contribution in [0.1, 0.15) is 47.0 Å². The zero-order chi connectivity index (χ0) is 13.3. The van der Waals surface area contributed by atoms with Gasteiger partial charge in [-0.2, -0.15) is 0 Å². The van der Waals surface area contributed by atoms with Crippen molar-refractivity contribution < 1.29 is 4.74 Å². The molecule has 0 aliphatic carbocycles. The number of ether oxygens (including phenoxy) is 1. The van der Waals surface area contributed by atoms with Gasteiger partial charge in [0.2, 0.25) is 0 Å². The summed E-state index contributed by atoms with van der Waals surface area (Å²) in [6, 6.07) is 0. The average molecular weight is 236 g/mol. The SMILES string of the molecule is C=CCOC(C=C(CC)CC)[C@@H](C)C(=C)CC. The Kier molecular flexibility index (Phi) is 8.79. The lowest BCUT2D eigenvalue weighted by Crippen LogP contribution is -2.21. The molecule has 0 aromatic carbocycles. The molecule has 0 aromatic heterocycles. The Hall–Kier alpha value is -0.820. The molecule has 0 N–H and O–H groups in total. The molecule has 0 aliphatic rings. The van der Waals surface area contributed by atoms with Crippen LogP contribution in [0.5, 0.6) is 0 Å². The van der Waals surface area contributed by atoms with E-state index in [-0.39, 0.29) is 6.10 Å². The Morgan fingerprint density at radius 2 is 1.76 bits per heavy atom. The van der Waals surface area contributed by atoms with Gasteiger partial charge in [-0.05, 0) is 19.3 Å². The minimum Gasteiger partial charge on any atom is -0.369 e. The Morgan fingerprint density at radius 3 is 2.18 bits per heavy atom. The van der Waals surface area contributed by atoms with Crippen LogP contribution in [0.4, 0.5) is 0 Å². The van der Waals surface area contributed by atoms with Gasteiger partial charge in [0.05, 0.1) is 12.7 Å². The molecule has 0 aliphatic heterocycles. The van der Waals surface area contributed by atoms with Crippen LogP contribution in [0.3, 0.4) is 0 Å². The third-order valence-corrected chi connectivity index (χ3v) is 3.31. The molecule has 0 spiro atoms. The van der Waals surface area contributed by atoms with Crippen LogP contribution in [-0.2, 0) is 4.74 Å². The van der Waals surface area contributed by atoms with Gasteiger partial charge in [-0.3, -0.25) is 0 Å². The van der Waals surface area contributed by atoms with Crippen molar-refractivity contribution in [3.63, 3.8) is 0 Å². The molecule has 0 aromatic rings. The smallest absolute Gasteiger partial charge is 0.0825 e. The summed E-state index contributed by atoms with van der Waals surface area (Å²) in [4.78, 5) is 0. The van der Waals surface area contributed by atoms with Crippen molar-refractivity contribution in [3.05, 3.63) is 36.5 Å². The van der Waals surface area contributed by atoms with E-state index in [1.54, 1.807) is 6.08 Å². The van der Waals surface area contributed by atoms with Crippen molar-refractivity contribution in [2.45, 2.75) is 53.1 Å². The molecule has 2 atom stereocenters. The van der Waals surface area contributed by atoms with E-state index in [1.807, 2.05) is 0 Å². The van der Waals surface area contributed by atoms with Gasteiger partial charge in [-0.25, -0.2) is 0 Å². The molecule has 0 saturated heterocycles. The second-order valence-electron chi connectivity index (χ2n) is 4.42. The van der Waals surface area contributed by atoms with Crippen LogP contribution in [0.15, 0.2) is 36.5 Å². The molecule has 0 rings (SSSR count). The molecular weight excluding hydrogens is 208 g/mol. The van der Waals surface area contributed by atoms with Gasteiger partial charge < -0.3 is 4.74 Å². The lowest BCUT2D eigenvalue weighted by Gasteiger charge is -2.23. The van der Waals surface area contributed by atoms with Crippen LogP contribution in [0.2, 0.25) is 0 Å². The Balaban J connectivity index is 4.78. The van der Waals surface area contributed by atoms with Crippen molar-refractivity contribution in [3.8, 4) is 0 Å². The summed E-state index contributed by atoms with van der Waals surface area (Å²) in [6.45, 7) is 17.2. The molecule has 98 valence electrons. The summed E-state index contributed by atoms with van der Waals surface area (Å²) in [5.74, 6) is 0.369. The maximum Gasteiger partial charge on any atom is 0.0825 e. The van der Waals surface area contributed by atoms with E-state index in [0.717, 1.165) is 19.3 Å². The second-order valence-corrected chi connectivity index (χ2v) is 4.42. The third kappa shape index (κ3) is 5.88. The van der Waals surface area contributed by atoms with Crippen molar-refractivity contribution >= 4 is 0 Å². The molecule has 0 saturated carbocycles. The largest absolute Gasteiger partial charge is 0.369 e. The van der Waals surface area contributed by atoms with Crippen LogP contribution in [-0.4, -0.2) is 12.7 Å². The molecule has 0 fully saturated rings. The van der Waals surface area contributed by atoms with E-state index in [9.17, 15) is 0 Å². The minimum absolute atomic E-state index is 0.135. The molecule has 1 unspecified atom stereocenters. The number of hydrogen-bond donors (Lipinski definition) is 0. The fourth-order valence-corrected chi connectivity index (χ4v) is 1.79. The highest BCUT2D eigenvalue weighted by Crippen LogP contribution is 2.22. The van der Waals surface area contributed by atoms with Crippen molar-refractivity contribution in [1.82, 2.24) is 0 Å². The first-order chi connectivity index (χ1) is 8.10. The summed E-state index contributed by atoms with van der Waals surface area (Å²) < 4.78 is 5.85. The summed E-state index contributed by atoms with van der Waals surface area (Å²) in [5.41, 5.74) is 2.71. The lowest BCUT2D eigenvalue weighted by molar-refractivity contribution is 0.0795. The van der Waals surface area contributed by atoms with Crippen molar-refractivity contribution in [2.24, 2.45) is 5.92 Å². The average Bonchev–Trinajstić information content (AvgIpc) is 2.37. The summed E-state index contributed by atoms with van der Waals surface area (Å²) >= 11 is 0. The number of hydrogen-bond acceptors (Lipinski definition) is 1. The van der Waals surface area contributed by atoms with Crippen LogP contribution in [0, 0.1) is 5.92 Å². The fourth-order valence-electron chi connectivity index (χ4n) is 1.79. The summed E-state index contributed by atoms with van der Waals surface area (Å²) in [6.07, 6.45) is 7.41. The maximum atomic E-state index is 5.85. The molecule has 0 bridgehead atoms. The molecule has 17 heavy (non-hydrogen) atoms. The number of allylic oxidation sites excluding steroid dienone is 1. The highest BCUT2D eigenvalue weighted by Gasteiger charge is 2.17. The van der Waals surface area contributed by atoms with Crippen molar-refractivity contribution in [2.75, 3.05) is 6.61 Å². The van der Waals surface area contributed by atoms with Gasteiger partial charge in [0.1, 0.15) is 0 Å². The lowest BCUT2D eigenvalue weighted by atomic mass is 9.92. The zero-order valence-corrected chi connectivity index (χ0v) is 12.0. The predicted octanol–water partition coefficient (Wildman–Crippen LogP) is 4.91. The van der Waals surface area contributed by atoms with E-state index < -0.39 is 0 Å². The Morgan fingerprint density at radius 1 is 1.18 bits per heavy atom. The molecular formula is C16H28O. The summed E-state index contributed by atoms with van der Waals surface area (Å²) in [7, 11) is 0. The monoisotopic (exact) mass is 236 g/mol. The maximum absolute atomic E-state index is 5.85. The van der Waals surface area contributed by atoms with Gasteiger partial charge in [0, 0.05) is 5.92 Å². The van der Waals surface area contributed by atoms with E-state index in [0.29, 0.717) is 12.5 Å². The van der Waals surface area contributed by atoms with E-state index in [4.69, 9.17) is 4.74 Å². The van der Waals surface area contributed by atoms with E-state index in [2.05, 4.69) is 46.9 Å².